The molecule has 10 heteroatoms. The smallest absolute Gasteiger partial charge is 0.550 e. The van der Waals surface area contributed by atoms with E-state index in [4.69, 9.17) is 19.2 Å². The second-order valence-electron chi connectivity index (χ2n) is 2.76. The Labute approximate surface area is 118 Å². The summed E-state index contributed by atoms with van der Waals surface area (Å²) in [6.07, 6.45) is 1.70. The van der Waals surface area contributed by atoms with Crippen molar-refractivity contribution < 1.29 is 58.5 Å². The number of phosphoric acid groups is 1. The largest absolute Gasteiger partial charge is 2.00 e. The molecule has 0 aliphatic heterocycles. The van der Waals surface area contributed by atoms with Crippen molar-refractivity contribution in [2.75, 3.05) is 0 Å². The zero-order chi connectivity index (χ0) is 14.5. The minimum atomic E-state index is -4.64. The SMILES string of the molecule is CCCC(=O)[O-].CCCC(=O)[O-].O=P(O)(O)O.[Zn+2]. The van der Waals surface area contributed by atoms with E-state index in [2.05, 4.69) is 0 Å². The first-order chi connectivity index (χ1) is 7.54. The van der Waals surface area contributed by atoms with Crippen molar-refractivity contribution in [3.63, 3.8) is 0 Å². The van der Waals surface area contributed by atoms with E-state index in [9.17, 15) is 19.8 Å². The van der Waals surface area contributed by atoms with Gasteiger partial charge in [0.05, 0.1) is 0 Å². The molecule has 0 saturated carbocycles. The van der Waals surface area contributed by atoms with E-state index >= 15 is 0 Å². The van der Waals surface area contributed by atoms with E-state index in [1.807, 2.05) is 0 Å². The van der Waals surface area contributed by atoms with E-state index in [0.29, 0.717) is 12.8 Å². The van der Waals surface area contributed by atoms with Crippen LogP contribution in [0.3, 0.4) is 0 Å². The first-order valence-electron chi connectivity index (χ1n) is 4.72. The zero-order valence-corrected chi connectivity index (χ0v) is 14.2. The Balaban J connectivity index is -0.0000000799. The van der Waals surface area contributed by atoms with E-state index < -0.39 is 19.8 Å². The molecule has 0 saturated heterocycles. The number of hydrogen-bond acceptors (Lipinski definition) is 5. The third kappa shape index (κ3) is 105. The van der Waals surface area contributed by atoms with Gasteiger partial charge in [-0.05, 0) is 12.8 Å². The monoisotopic (exact) mass is 336 g/mol. The standard InChI is InChI=1S/2C4H8O2.H3O4P.Zn/c2*1-2-3-4(5)6;1-5(2,3)4;/h2*2-3H2,1H3,(H,5,6);(H3,1,2,3,4);/q;;;+2/p-2. The normalized spacial score (nSPS) is 8.72. The fraction of sp³-hybridized carbons (Fsp3) is 0.750. The molecule has 0 radical (unpaired) electrons. The van der Waals surface area contributed by atoms with Gasteiger partial charge in [-0.1, -0.05) is 26.7 Å². The van der Waals surface area contributed by atoms with Crippen LogP contribution in [0.15, 0.2) is 0 Å². The molecule has 0 spiro atoms. The van der Waals surface area contributed by atoms with E-state index in [-0.39, 0.29) is 32.3 Å². The van der Waals surface area contributed by atoms with E-state index in [0.717, 1.165) is 0 Å². The maximum absolute atomic E-state index is 9.49. The Morgan fingerprint density at radius 1 is 0.944 bits per heavy atom. The number of carboxylic acid groups (broad SMARTS) is 2. The summed E-state index contributed by atoms with van der Waals surface area (Å²) in [5.74, 6) is -1.92. The fourth-order valence-electron chi connectivity index (χ4n) is 0.408. The van der Waals surface area contributed by atoms with E-state index in [1.54, 1.807) is 13.8 Å². The molecule has 0 heterocycles. The van der Waals surface area contributed by atoms with Gasteiger partial charge >= 0.3 is 27.3 Å². The van der Waals surface area contributed by atoms with Crippen LogP contribution >= 0.6 is 7.82 Å². The quantitative estimate of drug-likeness (QED) is 0.398. The molecular weight excluding hydrogens is 320 g/mol. The zero-order valence-electron chi connectivity index (χ0n) is 10.4. The van der Waals surface area contributed by atoms with Gasteiger partial charge in [0.25, 0.3) is 0 Å². The van der Waals surface area contributed by atoms with Gasteiger partial charge in [-0.25, -0.2) is 4.57 Å². The van der Waals surface area contributed by atoms with Crippen molar-refractivity contribution in [2.45, 2.75) is 39.5 Å². The summed E-state index contributed by atoms with van der Waals surface area (Å²) >= 11 is 0. The van der Waals surface area contributed by atoms with Crippen LogP contribution in [0.4, 0.5) is 0 Å². The van der Waals surface area contributed by atoms with Gasteiger partial charge in [-0.3, -0.25) is 0 Å². The average Bonchev–Trinajstić information content (AvgIpc) is 2.00. The number of carboxylic acids is 2. The maximum atomic E-state index is 9.49. The van der Waals surface area contributed by atoms with Crippen molar-refractivity contribution >= 4 is 19.8 Å². The van der Waals surface area contributed by atoms with Gasteiger partial charge in [0.2, 0.25) is 0 Å². The Morgan fingerprint density at radius 2 is 1.11 bits per heavy atom. The first kappa shape index (κ1) is 26.3. The Kier molecular flexibility index (Phi) is 24.3. The maximum Gasteiger partial charge on any atom is 2.00 e. The minimum Gasteiger partial charge on any atom is -0.550 e. The predicted molar refractivity (Wildman–Crippen MR) is 54.1 cm³/mol. The molecular formula is C8H17O8PZn. The summed E-state index contributed by atoms with van der Waals surface area (Å²) in [6, 6.07) is 0. The van der Waals surface area contributed by atoms with Crippen molar-refractivity contribution in [3.05, 3.63) is 0 Å². The number of rotatable bonds is 4. The third-order valence-electron chi connectivity index (χ3n) is 0.908. The third-order valence-corrected chi connectivity index (χ3v) is 0.908. The number of carbonyl (C=O) groups is 2. The molecule has 0 unspecified atom stereocenters. The van der Waals surface area contributed by atoms with Crippen molar-refractivity contribution in [1.29, 1.82) is 0 Å². The van der Waals surface area contributed by atoms with Gasteiger partial charge in [-0.15, -0.1) is 0 Å². The van der Waals surface area contributed by atoms with E-state index in [1.165, 1.54) is 0 Å². The average molecular weight is 338 g/mol. The molecule has 3 N–H and O–H groups in total. The number of aliphatic carboxylic acids is 2. The Bertz CT molecular complexity index is 227. The molecule has 0 bridgehead atoms. The van der Waals surface area contributed by atoms with Gasteiger partial charge in [0, 0.05) is 11.9 Å². The number of carbonyl (C=O) groups excluding carboxylic acids is 2. The van der Waals surface area contributed by atoms with Crippen LogP contribution in [-0.4, -0.2) is 26.6 Å². The molecule has 0 aromatic heterocycles. The van der Waals surface area contributed by atoms with Crippen LogP contribution in [0.25, 0.3) is 0 Å². The molecule has 0 atom stereocenters. The summed E-state index contributed by atoms with van der Waals surface area (Å²) in [5.41, 5.74) is 0. The van der Waals surface area contributed by atoms with Crippen molar-refractivity contribution in [1.82, 2.24) is 0 Å². The molecule has 0 aliphatic carbocycles. The van der Waals surface area contributed by atoms with Crippen LogP contribution < -0.4 is 10.2 Å². The predicted octanol–water partition coefficient (Wildman–Crippen LogP) is -1.86. The van der Waals surface area contributed by atoms with Crippen molar-refractivity contribution in [3.8, 4) is 0 Å². The van der Waals surface area contributed by atoms with Crippen LogP contribution in [0.1, 0.15) is 39.5 Å². The minimum absolute atomic E-state index is 0. The van der Waals surface area contributed by atoms with Crippen LogP contribution in [0.5, 0.6) is 0 Å². The molecule has 0 rings (SSSR count). The molecule has 0 aromatic rings. The molecule has 8 nitrogen and oxygen atoms in total. The Morgan fingerprint density at radius 3 is 1.11 bits per heavy atom. The molecule has 0 fully saturated rings. The van der Waals surface area contributed by atoms with Crippen molar-refractivity contribution in [2.24, 2.45) is 0 Å². The second-order valence-corrected chi connectivity index (χ2v) is 3.78. The summed E-state index contributed by atoms with van der Waals surface area (Å²) in [4.78, 5) is 40.5. The molecule has 104 valence electrons. The first-order valence-corrected chi connectivity index (χ1v) is 6.29. The van der Waals surface area contributed by atoms with Crippen LogP contribution in [-0.2, 0) is 33.6 Å². The second kappa shape index (κ2) is 16.7. The van der Waals surface area contributed by atoms with Gasteiger partial charge in [-0.2, -0.15) is 0 Å². The summed E-state index contributed by atoms with van der Waals surface area (Å²) in [7, 11) is -4.64. The van der Waals surface area contributed by atoms with Gasteiger partial charge < -0.3 is 34.5 Å². The van der Waals surface area contributed by atoms with Gasteiger partial charge in [0.1, 0.15) is 0 Å². The van der Waals surface area contributed by atoms with Gasteiger partial charge in [0.15, 0.2) is 0 Å². The molecule has 18 heavy (non-hydrogen) atoms. The fourth-order valence-corrected chi connectivity index (χ4v) is 0.408. The summed E-state index contributed by atoms with van der Waals surface area (Å²) < 4.78 is 8.88. The molecule has 0 amide bonds. The topological polar surface area (TPSA) is 158 Å². The van der Waals surface area contributed by atoms with Crippen LogP contribution in [0, 0.1) is 0 Å². The summed E-state index contributed by atoms with van der Waals surface area (Å²) in [6.45, 7) is 3.60. The Hall–Kier alpha value is -0.327. The number of hydrogen-bond donors (Lipinski definition) is 3. The molecule has 0 aliphatic rings. The van der Waals surface area contributed by atoms with Crippen LogP contribution in [0.2, 0.25) is 0 Å². The summed E-state index contributed by atoms with van der Waals surface area (Å²) in [5, 5.41) is 19.0. The molecule has 0 aromatic carbocycles.